The maximum atomic E-state index is 13.1. The number of nitrogens with one attached hydrogen (secondary N) is 1. The van der Waals surface area contributed by atoms with Crippen molar-refractivity contribution < 1.29 is 13.6 Å². The number of carbonyl (C=O) groups excluding carboxylic acids is 1. The second-order valence-electron chi connectivity index (χ2n) is 6.09. The molecule has 3 heterocycles. The first kappa shape index (κ1) is 14.1. The van der Waals surface area contributed by atoms with Gasteiger partial charge < -0.3 is 10.2 Å². The quantitative estimate of drug-likeness (QED) is 0.878. The van der Waals surface area contributed by atoms with Crippen molar-refractivity contribution in [1.29, 1.82) is 0 Å². The predicted molar refractivity (Wildman–Crippen MR) is 83.9 cm³/mol. The molecule has 0 saturated carbocycles. The third kappa shape index (κ3) is 2.25. The minimum Gasteiger partial charge on any atom is -0.359 e. The molecule has 1 fully saturated rings. The highest BCUT2D eigenvalue weighted by atomic mass is 19.3. The van der Waals surface area contributed by atoms with Crippen LogP contribution in [0.15, 0.2) is 36.5 Å². The van der Waals surface area contributed by atoms with Crippen molar-refractivity contribution in [3.63, 3.8) is 0 Å². The van der Waals surface area contributed by atoms with Crippen molar-refractivity contribution in [2.75, 3.05) is 23.3 Å². The van der Waals surface area contributed by atoms with Gasteiger partial charge in [-0.25, -0.2) is 8.78 Å². The highest BCUT2D eigenvalue weighted by molar-refractivity contribution is 6.03. The molecule has 0 radical (unpaired) electrons. The van der Waals surface area contributed by atoms with Crippen LogP contribution in [-0.4, -0.2) is 29.9 Å². The average Bonchev–Trinajstić information content (AvgIpc) is 2.61. The minimum atomic E-state index is -2.62. The molecule has 1 aromatic carbocycles. The van der Waals surface area contributed by atoms with Gasteiger partial charge in [0, 0.05) is 23.0 Å². The van der Waals surface area contributed by atoms with E-state index in [0.29, 0.717) is 11.4 Å². The summed E-state index contributed by atoms with van der Waals surface area (Å²) < 4.78 is 26.1. The average molecular weight is 315 g/mol. The zero-order chi connectivity index (χ0) is 16.2. The molecule has 1 aromatic heterocycles. The molecule has 2 aliphatic heterocycles. The minimum absolute atomic E-state index is 0.144. The number of amides is 1. The molecule has 0 spiro atoms. The van der Waals surface area contributed by atoms with Gasteiger partial charge in [0.05, 0.1) is 30.4 Å². The SMILES string of the molecule is CC1C(=O)Nc2cc(N3CC(F)(F)C3)ccc2-c2cccnc21. The van der Waals surface area contributed by atoms with Crippen molar-refractivity contribution in [1.82, 2.24) is 4.98 Å². The fourth-order valence-corrected chi connectivity index (χ4v) is 3.12. The first-order valence-corrected chi connectivity index (χ1v) is 7.48. The van der Waals surface area contributed by atoms with Crippen molar-refractivity contribution in [2.45, 2.75) is 18.8 Å². The van der Waals surface area contributed by atoms with Gasteiger partial charge in [0.2, 0.25) is 5.91 Å². The highest BCUT2D eigenvalue weighted by Gasteiger charge is 2.44. The van der Waals surface area contributed by atoms with Crippen LogP contribution in [-0.2, 0) is 4.79 Å². The molecule has 1 amide bonds. The van der Waals surface area contributed by atoms with E-state index in [1.807, 2.05) is 31.2 Å². The molecule has 1 N–H and O–H groups in total. The van der Waals surface area contributed by atoms with Crippen molar-refractivity contribution in [3.05, 3.63) is 42.2 Å². The van der Waals surface area contributed by atoms with Gasteiger partial charge >= 0.3 is 0 Å². The molecule has 6 heteroatoms. The Labute approximate surface area is 132 Å². The molecule has 23 heavy (non-hydrogen) atoms. The van der Waals surface area contributed by atoms with E-state index in [4.69, 9.17) is 0 Å². The monoisotopic (exact) mass is 315 g/mol. The number of carbonyl (C=O) groups is 1. The lowest BCUT2D eigenvalue weighted by Gasteiger charge is -2.40. The molecule has 0 aliphatic carbocycles. The summed E-state index contributed by atoms with van der Waals surface area (Å²) in [4.78, 5) is 18.3. The summed E-state index contributed by atoms with van der Waals surface area (Å²) in [6.45, 7) is 1.24. The summed E-state index contributed by atoms with van der Waals surface area (Å²) in [5.74, 6) is -3.13. The summed E-state index contributed by atoms with van der Waals surface area (Å²) in [5.41, 5.74) is 3.82. The molecule has 2 aromatic rings. The van der Waals surface area contributed by atoms with Crippen LogP contribution in [0.1, 0.15) is 18.5 Å². The highest BCUT2D eigenvalue weighted by Crippen LogP contribution is 2.40. The number of fused-ring (bicyclic) bond motifs is 3. The number of anilines is 2. The number of alkyl halides is 2. The van der Waals surface area contributed by atoms with E-state index in [2.05, 4.69) is 10.3 Å². The van der Waals surface area contributed by atoms with Crippen LogP contribution in [0, 0.1) is 0 Å². The normalized spacial score (nSPS) is 21.6. The molecule has 2 aliphatic rings. The van der Waals surface area contributed by atoms with E-state index in [-0.39, 0.29) is 24.9 Å². The van der Waals surface area contributed by atoms with Crippen molar-refractivity contribution in [2.24, 2.45) is 0 Å². The Balaban J connectivity index is 1.79. The Morgan fingerprint density at radius 2 is 2.04 bits per heavy atom. The number of benzene rings is 1. The molecular formula is C17H15F2N3O. The Morgan fingerprint density at radius 3 is 2.78 bits per heavy atom. The van der Waals surface area contributed by atoms with Crippen molar-refractivity contribution in [3.8, 4) is 11.1 Å². The van der Waals surface area contributed by atoms with E-state index in [0.717, 1.165) is 16.8 Å². The van der Waals surface area contributed by atoms with Gasteiger partial charge in [-0.05, 0) is 25.1 Å². The summed E-state index contributed by atoms with van der Waals surface area (Å²) in [6.07, 6.45) is 1.67. The van der Waals surface area contributed by atoms with E-state index >= 15 is 0 Å². The molecule has 0 bridgehead atoms. The maximum absolute atomic E-state index is 13.1. The van der Waals surface area contributed by atoms with Crippen molar-refractivity contribution >= 4 is 17.3 Å². The zero-order valence-electron chi connectivity index (χ0n) is 12.5. The molecule has 1 saturated heterocycles. The first-order chi connectivity index (χ1) is 10.9. The largest absolute Gasteiger partial charge is 0.359 e. The van der Waals surface area contributed by atoms with Crippen LogP contribution in [0.4, 0.5) is 20.2 Å². The lowest BCUT2D eigenvalue weighted by molar-refractivity contribution is -0.117. The molecular weight excluding hydrogens is 300 g/mol. The number of nitrogens with zero attached hydrogens (tertiary/aromatic N) is 2. The molecule has 4 rings (SSSR count). The van der Waals surface area contributed by atoms with Gasteiger partial charge in [-0.2, -0.15) is 0 Å². The van der Waals surface area contributed by atoms with Crippen LogP contribution >= 0.6 is 0 Å². The van der Waals surface area contributed by atoms with E-state index in [9.17, 15) is 13.6 Å². The van der Waals surface area contributed by atoms with Crippen LogP contribution in [0.3, 0.4) is 0 Å². The Morgan fingerprint density at radius 1 is 1.26 bits per heavy atom. The van der Waals surface area contributed by atoms with Gasteiger partial charge in [-0.3, -0.25) is 9.78 Å². The predicted octanol–water partition coefficient (Wildman–Crippen LogP) is 3.26. The number of aromatic nitrogens is 1. The second kappa shape index (κ2) is 4.75. The Kier molecular flexibility index (Phi) is 2.91. The lowest BCUT2D eigenvalue weighted by atomic mass is 9.97. The number of pyridine rings is 1. The fourth-order valence-electron chi connectivity index (χ4n) is 3.12. The second-order valence-corrected chi connectivity index (χ2v) is 6.09. The molecule has 118 valence electrons. The third-order valence-electron chi connectivity index (χ3n) is 4.40. The molecule has 1 unspecified atom stereocenters. The first-order valence-electron chi connectivity index (χ1n) is 7.48. The fraction of sp³-hybridized carbons (Fsp3) is 0.294. The summed E-state index contributed by atoms with van der Waals surface area (Å²) in [6, 6.07) is 9.19. The van der Waals surface area contributed by atoms with Crippen LogP contribution in [0.25, 0.3) is 11.1 Å². The standard InChI is InChI=1S/C17H15F2N3O/c1-10-15-13(3-2-6-20-15)12-5-4-11(7-14(12)21-16(10)23)22-8-17(18,19)9-22/h2-7,10H,8-9H2,1H3,(H,21,23). The van der Waals surface area contributed by atoms with Crippen LogP contribution < -0.4 is 10.2 Å². The topological polar surface area (TPSA) is 45.2 Å². The number of hydrogen-bond donors (Lipinski definition) is 1. The van der Waals surface area contributed by atoms with Crippen LogP contribution in [0.2, 0.25) is 0 Å². The van der Waals surface area contributed by atoms with E-state index < -0.39 is 5.92 Å². The maximum Gasteiger partial charge on any atom is 0.282 e. The summed E-state index contributed by atoms with van der Waals surface area (Å²) >= 11 is 0. The summed E-state index contributed by atoms with van der Waals surface area (Å²) in [7, 11) is 0. The van der Waals surface area contributed by atoms with E-state index in [1.54, 1.807) is 17.2 Å². The summed E-state index contributed by atoms with van der Waals surface area (Å²) in [5, 5.41) is 2.89. The smallest absolute Gasteiger partial charge is 0.282 e. The van der Waals surface area contributed by atoms with Gasteiger partial charge in [-0.1, -0.05) is 12.1 Å². The molecule has 1 atom stereocenters. The van der Waals surface area contributed by atoms with Gasteiger partial charge in [0.15, 0.2) is 0 Å². The van der Waals surface area contributed by atoms with Crippen LogP contribution in [0.5, 0.6) is 0 Å². The Bertz CT molecular complexity index is 798. The van der Waals surface area contributed by atoms with Gasteiger partial charge in [0.25, 0.3) is 5.92 Å². The number of halogens is 2. The zero-order valence-corrected chi connectivity index (χ0v) is 12.5. The lowest BCUT2D eigenvalue weighted by Crippen LogP contribution is -2.56. The van der Waals surface area contributed by atoms with E-state index in [1.165, 1.54) is 0 Å². The molecule has 4 nitrogen and oxygen atoms in total. The Hall–Kier alpha value is -2.50. The number of rotatable bonds is 1. The third-order valence-corrected chi connectivity index (χ3v) is 4.40. The van der Waals surface area contributed by atoms with Gasteiger partial charge in [-0.15, -0.1) is 0 Å². The van der Waals surface area contributed by atoms with Gasteiger partial charge in [0.1, 0.15) is 0 Å². The number of hydrogen-bond acceptors (Lipinski definition) is 3.